The number of hydrogen-bond acceptors (Lipinski definition) is 7. The maximum absolute atomic E-state index is 12.8. The molecule has 3 rings (SSSR count). The number of aromatic nitrogens is 2. The van der Waals surface area contributed by atoms with Crippen molar-refractivity contribution in [3.8, 4) is 0 Å². The van der Waals surface area contributed by atoms with Gasteiger partial charge in [0.25, 0.3) is 5.91 Å². The van der Waals surface area contributed by atoms with Crippen molar-refractivity contribution in [2.75, 3.05) is 23.7 Å². The molecule has 0 radical (unpaired) electrons. The number of halogens is 1. The molecule has 9 heteroatoms. The van der Waals surface area contributed by atoms with Gasteiger partial charge in [0, 0.05) is 13.1 Å². The van der Waals surface area contributed by atoms with Crippen molar-refractivity contribution in [1.82, 2.24) is 9.97 Å². The number of nitrogens with zero attached hydrogens (tertiary/aromatic N) is 2. The molecule has 1 amide bonds. The zero-order valence-corrected chi connectivity index (χ0v) is 12.9. The number of anilines is 2. The van der Waals surface area contributed by atoms with Crippen molar-refractivity contribution in [3.05, 3.63) is 35.1 Å². The first-order chi connectivity index (χ1) is 10.7. The van der Waals surface area contributed by atoms with E-state index in [1.54, 1.807) is 6.07 Å². The zero-order valence-electron chi connectivity index (χ0n) is 11.3. The van der Waals surface area contributed by atoms with Gasteiger partial charge in [-0.2, -0.15) is 0 Å². The van der Waals surface area contributed by atoms with Gasteiger partial charge in [0.2, 0.25) is 0 Å². The highest BCUT2D eigenvalue weighted by molar-refractivity contribution is 7.29. The summed E-state index contributed by atoms with van der Waals surface area (Å²) in [4.78, 5) is 21.7. The lowest BCUT2D eigenvalue weighted by Crippen LogP contribution is -2.12. The van der Waals surface area contributed by atoms with Gasteiger partial charge in [-0.15, -0.1) is 11.3 Å². The Balaban J connectivity index is 1.73. The minimum Gasteiger partial charge on any atom is -0.360 e. The van der Waals surface area contributed by atoms with Crippen LogP contribution in [0.15, 0.2) is 24.4 Å². The van der Waals surface area contributed by atoms with E-state index in [1.165, 1.54) is 34.8 Å². The first kappa shape index (κ1) is 14.8. The molecule has 0 aliphatic rings. The Morgan fingerprint density at radius 2 is 2.23 bits per heavy atom. The molecule has 0 fully saturated rings. The third-order valence-corrected chi connectivity index (χ3v) is 4.82. The fraction of sp³-hybridized carbons (Fsp3) is 0.154. The van der Waals surface area contributed by atoms with Crippen LogP contribution in [0, 0.1) is 5.82 Å². The fourth-order valence-corrected chi connectivity index (χ4v) is 3.77. The summed E-state index contributed by atoms with van der Waals surface area (Å²) < 4.78 is 13.7. The van der Waals surface area contributed by atoms with E-state index in [0.717, 1.165) is 20.9 Å². The van der Waals surface area contributed by atoms with E-state index in [1.807, 2.05) is 0 Å². The van der Waals surface area contributed by atoms with Crippen LogP contribution in [-0.2, 0) is 0 Å². The molecule has 3 heterocycles. The first-order valence-corrected chi connectivity index (χ1v) is 8.06. The van der Waals surface area contributed by atoms with Gasteiger partial charge in [0.15, 0.2) is 5.13 Å². The average Bonchev–Trinajstić information content (AvgIpc) is 3.05. The SMILES string of the molecule is NCCNc1nc2sc(C(=O)Nc3ccc(F)cn3)cc2s1. The summed E-state index contributed by atoms with van der Waals surface area (Å²) in [6.45, 7) is 1.19. The van der Waals surface area contributed by atoms with Crippen LogP contribution in [-0.4, -0.2) is 29.0 Å². The van der Waals surface area contributed by atoms with E-state index in [-0.39, 0.29) is 5.91 Å². The predicted molar refractivity (Wildman–Crippen MR) is 87.2 cm³/mol. The zero-order chi connectivity index (χ0) is 15.5. The van der Waals surface area contributed by atoms with E-state index in [2.05, 4.69) is 20.6 Å². The minimum absolute atomic E-state index is 0.286. The molecule has 0 atom stereocenters. The molecule has 4 N–H and O–H groups in total. The molecule has 0 aliphatic heterocycles. The summed E-state index contributed by atoms with van der Waals surface area (Å²) >= 11 is 2.77. The van der Waals surface area contributed by atoms with Gasteiger partial charge in [0.05, 0.1) is 15.8 Å². The van der Waals surface area contributed by atoms with Crippen LogP contribution < -0.4 is 16.4 Å². The smallest absolute Gasteiger partial charge is 0.267 e. The standard InChI is InChI=1S/C13H12FN5OS2/c14-7-1-2-10(17-6-7)18-11(20)8-5-9-12(21-8)19-13(22-9)16-4-3-15/h1-2,5-6H,3-4,15H2,(H,16,19)(H,17,18,20). The highest BCUT2D eigenvalue weighted by Gasteiger charge is 2.14. The molecule has 0 aromatic carbocycles. The number of amides is 1. The van der Waals surface area contributed by atoms with Crippen molar-refractivity contribution >= 4 is 49.1 Å². The molecule has 0 unspecified atom stereocenters. The molecular weight excluding hydrogens is 325 g/mol. The molecule has 0 spiro atoms. The first-order valence-electron chi connectivity index (χ1n) is 6.43. The Labute approximate surface area is 133 Å². The maximum atomic E-state index is 12.8. The number of carbonyl (C=O) groups is 1. The summed E-state index contributed by atoms with van der Waals surface area (Å²) in [5.41, 5.74) is 5.43. The van der Waals surface area contributed by atoms with E-state index in [0.29, 0.717) is 23.8 Å². The molecule has 3 aromatic rings. The van der Waals surface area contributed by atoms with E-state index in [9.17, 15) is 9.18 Å². The number of thiophene rings is 1. The molecule has 22 heavy (non-hydrogen) atoms. The number of thiazole rings is 1. The van der Waals surface area contributed by atoms with Crippen LogP contribution in [0.5, 0.6) is 0 Å². The van der Waals surface area contributed by atoms with Gasteiger partial charge >= 0.3 is 0 Å². The summed E-state index contributed by atoms with van der Waals surface area (Å²) in [5.74, 6) is -0.427. The number of nitrogens with two attached hydrogens (primary N) is 1. The van der Waals surface area contributed by atoms with Gasteiger partial charge < -0.3 is 16.4 Å². The molecule has 0 bridgehead atoms. The summed E-state index contributed by atoms with van der Waals surface area (Å²) in [6.07, 6.45) is 1.06. The van der Waals surface area contributed by atoms with Crippen molar-refractivity contribution in [1.29, 1.82) is 0 Å². The quantitative estimate of drug-likeness (QED) is 0.665. The maximum Gasteiger partial charge on any atom is 0.267 e. The largest absolute Gasteiger partial charge is 0.360 e. The van der Waals surface area contributed by atoms with Gasteiger partial charge in [-0.05, 0) is 18.2 Å². The third kappa shape index (κ3) is 3.21. The number of rotatable bonds is 5. The summed E-state index contributed by atoms with van der Waals surface area (Å²) in [5, 5.41) is 6.52. The highest BCUT2D eigenvalue weighted by Crippen LogP contribution is 2.33. The lowest BCUT2D eigenvalue weighted by Gasteiger charge is -2.01. The number of pyridine rings is 1. The summed E-state index contributed by atoms with van der Waals surface area (Å²) in [6, 6.07) is 4.44. The molecule has 0 aliphatic carbocycles. The minimum atomic E-state index is -0.448. The average molecular weight is 337 g/mol. The second-order valence-corrected chi connectivity index (χ2v) is 6.39. The Morgan fingerprint density at radius 1 is 1.36 bits per heavy atom. The van der Waals surface area contributed by atoms with Gasteiger partial charge in [-0.3, -0.25) is 4.79 Å². The Bertz CT molecular complexity index is 767. The van der Waals surface area contributed by atoms with Crippen molar-refractivity contribution in [3.63, 3.8) is 0 Å². The normalized spacial score (nSPS) is 10.8. The molecule has 3 aromatic heterocycles. The Hall–Kier alpha value is -2.10. The van der Waals surface area contributed by atoms with Crippen LogP contribution in [0.4, 0.5) is 15.3 Å². The molecule has 114 valence electrons. The van der Waals surface area contributed by atoms with E-state index >= 15 is 0 Å². The van der Waals surface area contributed by atoms with Crippen molar-refractivity contribution in [2.24, 2.45) is 5.73 Å². The van der Waals surface area contributed by atoms with Crippen molar-refractivity contribution < 1.29 is 9.18 Å². The summed E-state index contributed by atoms with van der Waals surface area (Å²) in [7, 11) is 0. The lowest BCUT2D eigenvalue weighted by molar-refractivity contribution is 0.103. The Kier molecular flexibility index (Phi) is 4.27. The van der Waals surface area contributed by atoms with Crippen LogP contribution in [0.2, 0.25) is 0 Å². The second kappa shape index (κ2) is 6.34. The molecule has 0 saturated carbocycles. The number of hydrogen-bond donors (Lipinski definition) is 3. The highest BCUT2D eigenvalue weighted by atomic mass is 32.1. The van der Waals surface area contributed by atoms with Crippen molar-refractivity contribution in [2.45, 2.75) is 0 Å². The number of nitrogens with one attached hydrogen (secondary N) is 2. The predicted octanol–water partition coefficient (Wildman–Crippen LogP) is 2.51. The van der Waals surface area contributed by atoms with Gasteiger partial charge in [-0.1, -0.05) is 11.3 Å². The van der Waals surface area contributed by atoms with Crippen LogP contribution in [0.25, 0.3) is 9.53 Å². The lowest BCUT2D eigenvalue weighted by atomic mass is 10.4. The monoisotopic (exact) mass is 337 g/mol. The van der Waals surface area contributed by atoms with Crippen LogP contribution in [0.1, 0.15) is 9.67 Å². The fourth-order valence-electron chi connectivity index (χ4n) is 1.73. The number of fused-ring (bicyclic) bond motifs is 1. The third-order valence-electron chi connectivity index (χ3n) is 2.70. The van der Waals surface area contributed by atoms with E-state index < -0.39 is 5.82 Å². The van der Waals surface area contributed by atoms with E-state index in [4.69, 9.17) is 5.73 Å². The molecule has 6 nitrogen and oxygen atoms in total. The van der Waals surface area contributed by atoms with Crippen LogP contribution >= 0.6 is 22.7 Å². The topological polar surface area (TPSA) is 92.9 Å². The number of carbonyl (C=O) groups excluding carboxylic acids is 1. The van der Waals surface area contributed by atoms with Crippen LogP contribution in [0.3, 0.4) is 0 Å². The Morgan fingerprint density at radius 3 is 2.91 bits per heavy atom. The molecule has 0 saturated heterocycles. The second-order valence-electron chi connectivity index (χ2n) is 4.33. The van der Waals surface area contributed by atoms with Gasteiger partial charge in [0.1, 0.15) is 16.5 Å². The van der Waals surface area contributed by atoms with Gasteiger partial charge in [-0.25, -0.2) is 14.4 Å². The molecular formula is C13H12FN5OS2.